The predicted molar refractivity (Wildman–Crippen MR) is 138 cm³/mol. The standard InChI is InChI=1S/C26H23ClN4O2S/c1-15(2)21(26(32)33)14-24-30-29-23-11-17(9-10-31(23)24)16-4-7-20(8-5-16)28-25-12-18-3-6-19(27)13-22(18)34-25/h3-13,15,21,28H,14H2,1-2H3,(H,32,33)/t21-/m0/s1. The Balaban J connectivity index is 1.34. The molecule has 0 saturated carbocycles. The van der Waals surface area contributed by atoms with E-state index < -0.39 is 11.9 Å². The van der Waals surface area contributed by atoms with Gasteiger partial charge in [0.1, 0.15) is 5.82 Å². The van der Waals surface area contributed by atoms with Gasteiger partial charge in [-0.3, -0.25) is 9.20 Å². The molecule has 1 atom stereocenters. The van der Waals surface area contributed by atoms with Gasteiger partial charge in [0.2, 0.25) is 0 Å². The lowest BCUT2D eigenvalue weighted by Gasteiger charge is -2.14. The Morgan fingerprint density at radius 1 is 1.06 bits per heavy atom. The largest absolute Gasteiger partial charge is 0.481 e. The Labute approximate surface area is 205 Å². The Morgan fingerprint density at radius 2 is 1.85 bits per heavy atom. The third kappa shape index (κ3) is 4.49. The molecule has 0 fully saturated rings. The first-order valence-corrected chi connectivity index (χ1v) is 12.2. The van der Waals surface area contributed by atoms with Crippen LogP contribution in [0, 0.1) is 11.8 Å². The number of thiophene rings is 1. The lowest BCUT2D eigenvalue weighted by atomic mass is 9.92. The summed E-state index contributed by atoms with van der Waals surface area (Å²) in [5.41, 5.74) is 3.78. The van der Waals surface area contributed by atoms with Crippen molar-refractivity contribution >= 4 is 55.3 Å². The summed E-state index contributed by atoms with van der Waals surface area (Å²) in [6.07, 6.45) is 2.26. The van der Waals surface area contributed by atoms with E-state index in [1.165, 1.54) is 0 Å². The SMILES string of the molecule is CC(C)[C@H](Cc1nnc2cc(-c3ccc(Nc4cc5ccc(Cl)cc5s4)cc3)ccn12)C(=O)O. The summed E-state index contributed by atoms with van der Waals surface area (Å²) in [5.74, 6) is -0.630. The molecule has 0 aliphatic carbocycles. The fourth-order valence-corrected chi connectivity index (χ4v) is 5.28. The average Bonchev–Trinajstić information content (AvgIpc) is 3.39. The summed E-state index contributed by atoms with van der Waals surface area (Å²) < 4.78 is 3.02. The summed E-state index contributed by atoms with van der Waals surface area (Å²) in [4.78, 5) is 11.6. The van der Waals surface area contributed by atoms with Crippen LogP contribution in [0.1, 0.15) is 19.7 Å². The van der Waals surface area contributed by atoms with E-state index in [9.17, 15) is 9.90 Å². The van der Waals surface area contributed by atoms with E-state index in [1.54, 1.807) is 11.3 Å². The molecule has 172 valence electrons. The number of rotatable bonds is 7. The molecule has 0 saturated heterocycles. The first-order chi connectivity index (χ1) is 16.4. The van der Waals surface area contributed by atoms with Gasteiger partial charge in [0.15, 0.2) is 5.65 Å². The zero-order valence-corrected chi connectivity index (χ0v) is 20.3. The first kappa shape index (κ1) is 22.4. The summed E-state index contributed by atoms with van der Waals surface area (Å²) in [6.45, 7) is 3.82. The molecular formula is C26H23ClN4O2S. The number of halogens is 1. The number of hydrogen-bond donors (Lipinski definition) is 2. The highest BCUT2D eigenvalue weighted by Crippen LogP contribution is 2.34. The van der Waals surface area contributed by atoms with Crippen LogP contribution in [0.4, 0.5) is 10.7 Å². The van der Waals surface area contributed by atoms with Gasteiger partial charge in [-0.15, -0.1) is 21.5 Å². The zero-order valence-electron chi connectivity index (χ0n) is 18.7. The van der Waals surface area contributed by atoms with Crippen molar-refractivity contribution in [2.24, 2.45) is 11.8 Å². The quantitative estimate of drug-likeness (QED) is 0.259. The second kappa shape index (κ2) is 9.08. The molecule has 6 nitrogen and oxygen atoms in total. The second-order valence-electron chi connectivity index (χ2n) is 8.65. The van der Waals surface area contributed by atoms with E-state index in [2.05, 4.69) is 33.7 Å². The molecule has 2 N–H and O–H groups in total. The van der Waals surface area contributed by atoms with Crippen molar-refractivity contribution < 1.29 is 9.90 Å². The molecule has 8 heteroatoms. The van der Waals surface area contributed by atoms with Gasteiger partial charge in [0, 0.05) is 28.0 Å². The van der Waals surface area contributed by atoms with Crippen LogP contribution in [0.15, 0.2) is 66.9 Å². The molecule has 0 bridgehead atoms. The summed E-state index contributed by atoms with van der Waals surface area (Å²) in [5, 5.41) is 24.5. The monoisotopic (exact) mass is 490 g/mol. The molecule has 3 aromatic heterocycles. The molecule has 0 radical (unpaired) electrons. The third-order valence-corrected chi connectivity index (χ3v) is 7.22. The number of pyridine rings is 1. The highest BCUT2D eigenvalue weighted by Gasteiger charge is 2.24. The van der Waals surface area contributed by atoms with E-state index >= 15 is 0 Å². The van der Waals surface area contributed by atoms with Crippen molar-refractivity contribution in [3.63, 3.8) is 0 Å². The number of hydrogen-bond acceptors (Lipinski definition) is 5. The van der Waals surface area contributed by atoms with E-state index in [4.69, 9.17) is 11.6 Å². The van der Waals surface area contributed by atoms with Gasteiger partial charge in [-0.2, -0.15) is 0 Å². The number of carboxylic acids is 1. The molecule has 5 aromatic rings. The fraction of sp³-hybridized carbons (Fsp3) is 0.192. The van der Waals surface area contributed by atoms with Gasteiger partial charge in [-0.25, -0.2) is 0 Å². The lowest BCUT2D eigenvalue weighted by molar-refractivity contribution is -0.143. The van der Waals surface area contributed by atoms with Crippen molar-refractivity contribution in [1.82, 2.24) is 14.6 Å². The van der Waals surface area contributed by atoms with Crippen molar-refractivity contribution in [3.05, 3.63) is 77.7 Å². The minimum absolute atomic E-state index is 0.0154. The summed E-state index contributed by atoms with van der Waals surface area (Å²) in [7, 11) is 0. The fourth-order valence-electron chi connectivity index (χ4n) is 4.02. The zero-order chi connectivity index (χ0) is 23.8. The third-order valence-electron chi connectivity index (χ3n) is 5.97. The Hall–Kier alpha value is -3.42. The van der Waals surface area contributed by atoms with E-state index in [-0.39, 0.29) is 5.92 Å². The predicted octanol–water partition coefficient (Wildman–Crippen LogP) is 6.91. The second-order valence-corrected chi connectivity index (χ2v) is 10.2. The smallest absolute Gasteiger partial charge is 0.307 e. The Bertz CT molecular complexity index is 1490. The van der Waals surface area contributed by atoms with Crippen LogP contribution in [0.3, 0.4) is 0 Å². The topological polar surface area (TPSA) is 79.5 Å². The minimum Gasteiger partial charge on any atom is -0.481 e. The maximum Gasteiger partial charge on any atom is 0.307 e. The van der Waals surface area contributed by atoms with Crippen molar-refractivity contribution in [3.8, 4) is 11.1 Å². The first-order valence-electron chi connectivity index (χ1n) is 11.0. The highest BCUT2D eigenvalue weighted by atomic mass is 35.5. The molecule has 2 aromatic carbocycles. The number of carboxylic acid groups (broad SMARTS) is 1. The van der Waals surface area contributed by atoms with Gasteiger partial charge in [0.25, 0.3) is 0 Å². The summed E-state index contributed by atoms with van der Waals surface area (Å²) >= 11 is 7.77. The maximum atomic E-state index is 11.6. The number of anilines is 2. The number of aliphatic carboxylic acids is 1. The van der Waals surface area contributed by atoms with Crippen LogP contribution >= 0.6 is 22.9 Å². The number of fused-ring (bicyclic) bond motifs is 2. The van der Waals surface area contributed by atoms with Crippen LogP contribution in [0.25, 0.3) is 26.9 Å². The average molecular weight is 491 g/mol. The molecule has 0 spiro atoms. The molecule has 5 rings (SSSR count). The van der Waals surface area contributed by atoms with Crippen LogP contribution in [0.2, 0.25) is 5.02 Å². The van der Waals surface area contributed by atoms with Gasteiger partial charge in [-0.05, 0) is 64.9 Å². The molecule has 34 heavy (non-hydrogen) atoms. The summed E-state index contributed by atoms with van der Waals surface area (Å²) in [6, 6.07) is 20.2. The van der Waals surface area contributed by atoms with Crippen molar-refractivity contribution in [2.75, 3.05) is 5.32 Å². The van der Waals surface area contributed by atoms with Crippen LogP contribution in [0.5, 0.6) is 0 Å². The van der Waals surface area contributed by atoms with E-state index in [0.29, 0.717) is 17.9 Å². The number of benzene rings is 2. The maximum absolute atomic E-state index is 11.6. The van der Waals surface area contributed by atoms with Crippen LogP contribution in [-0.4, -0.2) is 25.7 Å². The number of aromatic nitrogens is 3. The number of nitrogens with zero attached hydrogens (tertiary/aromatic N) is 3. The van der Waals surface area contributed by atoms with Gasteiger partial charge in [-0.1, -0.05) is 43.6 Å². The van der Waals surface area contributed by atoms with E-state index in [0.717, 1.165) is 36.9 Å². The Morgan fingerprint density at radius 3 is 2.59 bits per heavy atom. The molecule has 0 unspecified atom stereocenters. The number of carbonyl (C=O) groups is 1. The van der Waals surface area contributed by atoms with Gasteiger partial charge in [0.05, 0.1) is 10.9 Å². The Kier molecular flexibility index (Phi) is 5.98. The molecular weight excluding hydrogens is 468 g/mol. The van der Waals surface area contributed by atoms with Crippen LogP contribution in [-0.2, 0) is 11.2 Å². The van der Waals surface area contributed by atoms with E-state index in [1.807, 2.05) is 66.9 Å². The molecule has 3 heterocycles. The lowest BCUT2D eigenvalue weighted by Crippen LogP contribution is -2.23. The normalized spacial score (nSPS) is 12.5. The molecule has 0 aliphatic rings. The molecule has 0 amide bonds. The minimum atomic E-state index is -0.809. The van der Waals surface area contributed by atoms with Crippen molar-refractivity contribution in [2.45, 2.75) is 20.3 Å². The van der Waals surface area contributed by atoms with Crippen LogP contribution < -0.4 is 5.32 Å². The van der Waals surface area contributed by atoms with Crippen molar-refractivity contribution in [1.29, 1.82) is 0 Å². The molecule has 0 aliphatic heterocycles. The van der Waals surface area contributed by atoms with Gasteiger partial charge < -0.3 is 10.4 Å². The van der Waals surface area contributed by atoms with Gasteiger partial charge >= 0.3 is 5.97 Å². The highest BCUT2D eigenvalue weighted by molar-refractivity contribution is 7.22. The number of nitrogens with one attached hydrogen (secondary N) is 1.